The Morgan fingerprint density at radius 3 is 2.28 bits per heavy atom. The summed E-state index contributed by atoms with van der Waals surface area (Å²) in [6.07, 6.45) is -0.645. The Hall–Kier alpha value is -2.31. The number of nitrogens with one attached hydrogen (secondary N) is 2. The first-order valence-electron chi connectivity index (χ1n) is 8.03. The molecule has 3 amide bonds. The number of urea groups is 1. The van der Waals surface area contributed by atoms with Crippen LogP contribution in [0.25, 0.3) is 0 Å². The van der Waals surface area contributed by atoms with Crippen molar-refractivity contribution in [1.29, 1.82) is 0 Å². The molecule has 3 N–H and O–H groups in total. The lowest BCUT2D eigenvalue weighted by atomic mass is 10.1. The van der Waals surface area contributed by atoms with Gasteiger partial charge in [0.1, 0.15) is 0 Å². The summed E-state index contributed by atoms with van der Waals surface area (Å²) in [5.41, 5.74) is 1.77. The van der Waals surface area contributed by atoms with Gasteiger partial charge in [0.2, 0.25) is 5.91 Å². The molecule has 25 heavy (non-hydrogen) atoms. The second-order valence-corrected chi connectivity index (χ2v) is 6.93. The van der Waals surface area contributed by atoms with Gasteiger partial charge in [-0.05, 0) is 18.1 Å². The minimum atomic E-state index is -0.645. The summed E-state index contributed by atoms with van der Waals surface area (Å²) in [4.78, 5) is 23.8. The molecule has 2 aromatic rings. The van der Waals surface area contributed by atoms with Crippen molar-refractivity contribution >= 4 is 23.7 Å². The number of benzene rings is 2. The molecule has 0 fully saturated rings. The fraction of sp³-hybridized carbons (Fsp3) is 0.263. The Balaban J connectivity index is 1.71. The molecule has 5 nitrogen and oxygen atoms in total. The van der Waals surface area contributed by atoms with E-state index in [-0.39, 0.29) is 5.91 Å². The van der Waals surface area contributed by atoms with Gasteiger partial charge in [-0.3, -0.25) is 10.1 Å². The summed E-state index contributed by atoms with van der Waals surface area (Å²) >= 11 is 1.30. The molecule has 0 saturated heterocycles. The highest BCUT2D eigenvalue weighted by molar-refractivity contribution is 8.00. The Kier molecular flexibility index (Phi) is 7.50. The van der Waals surface area contributed by atoms with E-state index in [0.29, 0.717) is 12.3 Å². The van der Waals surface area contributed by atoms with Crippen LogP contribution in [-0.2, 0) is 11.3 Å². The van der Waals surface area contributed by atoms with Crippen LogP contribution < -0.4 is 10.6 Å². The third-order valence-corrected chi connectivity index (χ3v) is 4.81. The van der Waals surface area contributed by atoms with Crippen molar-refractivity contribution in [2.75, 3.05) is 5.75 Å². The van der Waals surface area contributed by atoms with Crippen LogP contribution in [0.15, 0.2) is 60.7 Å². The topological polar surface area (TPSA) is 78.4 Å². The van der Waals surface area contributed by atoms with E-state index in [0.717, 1.165) is 11.1 Å². The van der Waals surface area contributed by atoms with Crippen LogP contribution >= 0.6 is 11.8 Å². The van der Waals surface area contributed by atoms with Gasteiger partial charge in [0, 0.05) is 12.3 Å². The van der Waals surface area contributed by atoms with Crippen LogP contribution in [0.4, 0.5) is 4.79 Å². The molecule has 132 valence electrons. The number of hydrogen-bond donors (Lipinski definition) is 3. The van der Waals surface area contributed by atoms with Crippen molar-refractivity contribution in [3.8, 4) is 0 Å². The predicted molar refractivity (Wildman–Crippen MR) is 100 cm³/mol. The highest BCUT2D eigenvalue weighted by Crippen LogP contribution is 2.21. The molecule has 0 radical (unpaired) electrons. The van der Waals surface area contributed by atoms with Crippen LogP contribution in [0, 0.1) is 0 Å². The Labute approximate surface area is 151 Å². The van der Waals surface area contributed by atoms with E-state index in [1.54, 1.807) is 6.92 Å². The smallest absolute Gasteiger partial charge is 0.321 e. The molecule has 2 rings (SSSR count). The number of hydrogen-bond acceptors (Lipinski definition) is 4. The zero-order chi connectivity index (χ0) is 18.1. The second kappa shape index (κ2) is 9.86. The quantitative estimate of drug-likeness (QED) is 0.711. The van der Waals surface area contributed by atoms with Crippen molar-refractivity contribution in [2.24, 2.45) is 0 Å². The normalized spacial score (nSPS) is 12.9. The van der Waals surface area contributed by atoms with Gasteiger partial charge in [-0.2, -0.15) is 0 Å². The SMILES string of the molecule is CC(SCC(O)c1ccccc1)C(=O)NC(=O)NCc1ccccc1. The van der Waals surface area contributed by atoms with Crippen molar-refractivity contribution < 1.29 is 14.7 Å². The molecule has 2 aromatic carbocycles. The number of aliphatic hydroxyl groups is 1. The maximum absolute atomic E-state index is 12.0. The zero-order valence-corrected chi connectivity index (χ0v) is 14.8. The molecule has 2 unspecified atom stereocenters. The van der Waals surface area contributed by atoms with Gasteiger partial charge in [-0.15, -0.1) is 11.8 Å². The summed E-state index contributed by atoms with van der Waals surface area (Å²) < 4.78 is 0. The van der Waals surface area contributed by atoms with Gasteiger partial charge in [-0.25, -0.2) is 4.79 Å². The van der Waals surface area contributed by atoms with Crippen molar-refractivity contribution in [3.05, 3.63) is 71.8 Å². The van der Waals surface area contributed by atoms with Crippen LogP contribution in [0.1, 0.15) is 24.2 Å². The third-order valence-electron chi connectivity index (χ3n) is 3.59. The number of thioether (sulfide) groups is 1. The standard InChI is InChI=1S/C19H22N2O3S/c1-14(25-13-17(22)16-10-6-3-7-11-16)18(23)21-19(24)20-12-15-8-4-2-5-9-15/h2-11,14,17,22H,12-13H2,1H3,(H2,20,21,23,24). The molecule has 0 spiro atoms. The first-order valence-corrected chi connectivity index (χ1v) is 9.08. The van der Waals surface area contributed by atoms with Crippen molar-refractivity contribution in [1.82, 2.24) is 10.6 Å². The monoisotopic (exact) mass is 358 g/mol. The number of carbonyl (C=O) groups is 2. The summed E-state index contributed by atoms with van der Waals surface area (Å²) in [5, 5.41) is 14.6. The molecule has 2 atom stereocenters. The van der Waals surface area contributed by atoms with Gasteiger partial charge in [0.15, 0.2) is 0 Å². The molecule has 0 aromatic heterocycles. The van der Waals surface area contributed by atoms with Gasteiger partial charge in [-0.1, -0.05) is 60.7 Å². The zero-order valence-electron chi connectivity index (χ0n) is 14.0. The molecular formula is C19H22N2O3S. The second-order valence-electron chi connectivity index (χ2n) is 5.56. The number of aliphatic hydroxyl groups excluding tert-OH is 1. The minimum absolute atomic E-state index is 0.355. The van der Waals surface area contributed by atoms with Gasteiger partial charge < -0.3 is 10.4 Å². The molecule has 0 heterocycles. The number of rotatable bonds is 7. The fourth-order valence-corrected chi connectivity index (χ4v) is 2.99. The molecule has 0 aliphatic heterocycles. The first-order chi connectivity index (χ1) is 12.1. The Bertz CT molecular complexity index is 680. The summed E-state index contributed by atoms with van der Waals surface area (Å²) in [7, 11) is 0. The van der Waals surface area contributed by atoms with Crippen LogP contribution in [-0.4, -0.2) is 28.0 Å². The number of imide groups is 1. The van der Waals surface area contributed by atoms with E-state index in [2.05, 4.69) is 10.6 Å². The number of carbonyl (C=O) groups excluding carboxylic acids is 2. The average Bonchev–Trinajstić information content (AvgIpc) is 2.65. The van der Waals surface area contributed by atoms with Crippen LogP contribution in [0.5, 0.6) is 0 Å². The van der Waals surface area contributed by atoms with E-state index in [4.69, 9.17) is 0 Å². The average molecular weight is 358 g/mol. The molecule has 6 heteroatoms. The summed E-state index contributed by atoms with van der Waals surface area (Å²) in [6, 6.07) is 18.2. The number of amides is 3. The maximum atomic E-state index is 12.0. The minimum Gasteiger partial charge on any atom is -0.388 e. The first kappa shape index (κ1) is 19.0. The predicted octanol–water partition coefficient (Wildman–Crippen LogP) is 2.87. The molecule has 0 aliphatic carbocycles. The molecular weight excluding hydrogens is 336 g/mol. The van der Waals surface area contributed by atoms with Crippen LogP contribution in [0.2, 0.25) is 0 Å². The van der Waals surface area contributed by atoms with E-state index in [1.165, 1.54) is 11.8 Å². The highest BCUT2D eigenvalue weighted by atomic mass is 32.2. The van der Waals surface area contributed by atoms with Crippen LogP contribution in [0.3, 0.4) is 0 Å². The molecule has 0 bridgehead atoms. The van der Waals surface area contributed by atoms with Gasteiger partial charge in [0.25, 0.3) is 0 Å². The molecule has 0 saturated carbocycles. The summed E-state index contributed by atoms with van der Waals surface area (Å²) in [6.45, 7) is 2.07. The van der Waals surface area contributed by atoms with Crippen molar-refractivity contribution in [2.45, 2.75) is 24.8 Å². The maximum Gasteiger partial charge on any atom is 0.321 e. The van der Waals surface area contributed by atoms with E-state index >= 15 is 0 Å². The van der Waals surface area contributed by atoms with Gasteiger partial charge in [0.05, 0.1) is 11.4 Å². The summed E-state index contributed by atoms with van der Waals surface area (Å²) in [5.74, 6) is 0.000334. The van der Waals surface area contributed by atoms with Crippen molar-refractivity contribution in [3.63, 3.8) is 0 Å². The Morgan fingerprint density at radius 2 is 1.64 bits per heavy atom. The Morgan fingerprint density at radius 1 is 1.04 bits per heavy atom. The largest absolute Gasteiger partial charge is 0.388 e. The van der Waals surface area contributed by atoms with E-state index < -0.39 is 17.4 Å². The van der Waals surface area contributed by atoms with E-state index in [9.17, 15) is 14.7 Å². The lowest BCUT2D eigenvalue weighted by molar-refractivity contribution is -0.119. The lowest BCUT2D eigenvalue weighted by Crippen LogP contribution is -2.42. The van der Waals surface area contributed by atoms with E-state index in [1.807, 2.05) is 60.7 Å². The fourth-order valence-electron chi connectivity index (χ4n) is 2.12. The highest BCUT2D eigenvalue weighted by Gasteiger charge is 2.18. The van der Waals surface area contributed by atoms with Gasteiger partial charge >= 0.3 is 6.03 Å². The molecule has 0 aliphatic rings. The lowest BCUT2D eigenvalue weighted by Gasteiger charge is -2.15. The third kappa shape index (κ3) is 6.60.